The molecule has 0 saturated carbocycles. The number of benzene rings is 1. The van der Waals surface area contributed by atoms with Crippen molar-refractivity contribution >= 4 is 5.69 Å². The molecule has 1 aromatic carbocycles. The van der Waals surface area contributed by atoms with E-state index in [-0.39, 0.29) is 5.82 Å². The number of piperidine rings is 1. The molecule has 1 aliphatic heterocycles. The molecule has 1 atom stereocenters. The predicted molar refractivity (Wildman–Crippen MR) is 65.3 cm³/mol. The Hall–Kier alpha value is -1.09. The molecule has 1 aliphatic rings. The van der Waals surface area contributed by atoms with Crippen molar-refractivity contribution in [3.05, 3.63) is 29.6 Å². The summed E-state index contributed by atoms with van der Waals surface area (Å²) in [4.78, 5) is 2.28. The monoisotopic (exact) mass is 222 g/mol. The summed E-state index contributed by atoms with van der Waals surface area (Å²) in [7, 11) is 2.11. The molecule has 1 heterocycles. The Balaban J connectivity index is 2.02. The number of rotatable bonds is 2. The molecule has 0 amide bonds. The van der Waals surface area contributed by atoms with Crippen LogP contribution in [-0.4, -0.2) is 31.1 Å². The molecule has 0 bridgehead atoms. The molecule has 2 rings (SSSR count). The number of nitrogens with zero attached hydrogens (tertiary/aromatic N) is 1. The highest BCUT2D eigenvalue weighted by Crippen LogP contribution is 2.19. The van der Waals surface area contributed by atoms with E-state index in [2.05, 4.69) is 17.3 Å². The molecular formula is C13H19FN2. The molecule has 2 nitrogen and oxygen atoms in total. The standard InChI is InChI=1S/C13H19FN2/c1-10-5-6-13(12(14)8-10)15-11-4-3-7-16(2)9-11/h5-6,8,11,15H,3-4,7,9H2,1-2H3. The van der Waals surface area contributed by atoms with E-state index in [9.17, 15) is 4.39 Å². The van der Waals surface area contributed by atoms with Crippen molar-refractivity contribution in [3.63, 3.8) is 0 Å². The van der Waals surface area contributed by atoms with Gasteiger partial charge in [0.05, 0.1) is 5.69 Å². The minimum atomic E-state index is -0.145. The Morgan fingerprint density at radius 2 is 2.25 bits per heavy atom. The Labute approximate surface area is 96.5 Å². The Morgan fingerprint density at radius 3 is 2.94 bits per heavy atom. The predicted octanol–water partition coefficient (Wildman–Crippen LogP) is 2.64. The second-order valence-electron chi connectivity index (χ2n) is 4.73. The van der Waals surface area contributed by atoms with Crippen molar-refractivity contribution in [2.45, 2.75) is 25.8 Å². The van der Waals surface area contributed by atoms with E-state index in [1.807, 2.05) is 19.1 Å². The van der Waals surface area contributed by atoms with Crippen LogP contribution in [0.2, 0.25) is 0 Å². The van der Waals surface area contributed by atoms with Crippen molar-refractivity contribution in [2.24, 2.45) is 0 Å². The maximum absolute atomic E-state index is 13.6. The molecule has 16 heavy (non-hydrogen) atoms. The van der Waals surface area contributed by atoms with Crippen LogP contribution < -0.4 is 5.32 Å². The highest BCUT2D eigenvalue weighted by Gasteiger charge is 2.17. The lowest BCUT2D eigenvalue weighted by Crippen LogP contribution is -2.39. The van der Waals surface area contributed by atoms with Gasteiger partial charge >= 0.3 is 0 Å². The lowest BCUT2D eigenvalue weighted by atomic mass is 10.1. The van der Waals surface area contributed by atoms with Crippen molar-refractivity contribution in [2.75, 3.05) is 25.5 Å². The van der Waals surface area contributed by atoms with Gasteiger partial charge in [-0.15, -0.1) is 0 Å². The summed E-state index contributed by atoms with van der Waals surface area (Å²) in [6.07, 6.45) is 2.30. The third kappa shape index (κ3) is 2.73. The van der Waals surface area contributed by atoms with E-state index >= 15 is 0 Å². The van der Waals surface area contributed by atoms with Crippen molar-refractivity contribution in [1.29, 1.82) is 0 Å². The minimum Gasteiger partial charge on any atom is -0.379 e. The van der Waals surface area contributed by atoms with Crippen LogP contribution in [0.5, 0.6) is 0 Å². The Bertz CT molecular complexity index is 365. The zero-order valence-electron chi connectivity index (χ0n) is 9.96. The maximum atomic E-state index is 13.6. The van der Waals surface area contributed by atoms with Gasteiger partial charge in [0.15, 0.2) is 0 Å². The number of nitrogens with one attached hydrogen (secondary N) is 1. The van der Waals surface area contributed by atoms with E-state index in [4.69, 9.17) is 0 Å². The van der Waals surface area contributed by atoms with Gasteiger partial charge in [0.2, 0.25) is 0 Å². The fourth-order valence-corrected chi connectivity index (χ4v) is 2.24. The number of likely N-dealkylation sites (tertiary alicyclic amines) is 1. The summed E-state index contributed by atoms with van der Waals surface area (Å²) in [5.74, 6) is -0.145. The molecule has 1 saturated heterocycles. The summed E-state index contributed by atoms with van der Waals surface area (Å²) in [6.45, 7) is 4.04. The number of hydrogen-bond donors (Lipinski definition) is 1. The zero-order chi connectivity index (χ0) is 11.5. The van der Waals surface area contributed by atoms with E-state index in [0.717, 1.165) is 25.1 Å². The van der Waals surface area contributed by atoms with Gasteiger partial charge in [0.1, 0.15) is 5.82 Å². The molecule has 0 aliphatic carbocycles. The summed E-state index contributed by atoms with van der Waals surface area (Å²) >= 11 is 0. The van der Waals surface area contributed by atoms with Gasteiger partial charge in [0.25, 0.3) is 0 Å². The highest BCUT2D eigenvalue weighted by molar-refractivity contribution is 5.47. The molecule has 1 unspecified atom stereocenters. The van der Waals surface area contributed by atoms with E-state index < -0.39 is 0 Å². The first-order chi connectivity index (χ1) is 7.65. The first-order valence-corrected chi connectivity index (χ1v) is 5.86. The van der Waals surface area contributed by atoms with Crippen LogP contribution in [0.3, 0.4) is 0 Å². The van der Waals surface area contributed by atoms with Crippen LogP contribution in [0.1, 0.15) is 18.4 Å². The molecule has 1 N–H and O–H groups in total. The number of halogens is 1. The second kappa shape index (κ2) is 4.83. The molecule has 0 aromatic heterocycles. The smallest absolute Gasteiger partial charge is 0.146 e. The lowest BCUT2D eigenvalue weighted by Gasteiger charge is -2.31. The maximum Gasteiger partial charge on any atom is 0.146 e. The normalized spacial score (nSPS) is 22.1. The van der Waals surface area contributed by atoms with Gasteiger partial charge in [-0.1, -0.05) is 6.07 Å². The Morgan fingerprint density at radius 1 is 1.44 bits per heavy atom. The summed E-state index contributed by atoms with van der Waals surface area (Å²) < 4.78 is 13.6. The van der Waals surface area contributed by atoms with Crippen molar-refractivity contribution in [1.82, 2.24) is 4.90 Å². The van der Waals surface area contributed by atoms with Crippen LogP contribution >= 0.6 is 0 Å². The molecule has 1 fully saturated rings. The quantitative estimate of drug-likeness (QED) is 0.827. The van der Waals surface area contributed by atoms with Gasteiger partial charge in [-0.25, -0.2) is 4.39 Å². The second-order valence-corrected chi connectivity index (χ2v) is 4.73. The van der Waals surface area contributed by atoms with Crippen LogP contribution in [0.4, 0.5) is 10.1 Å². The molecule has 1 aromatic rings. The van der Waals surface area contributed by atoms with Gasteiger partial charge < -0.3 is 10.2 Å². The van der Waals surface area contributed by atoms with Gasteiger partial charge in [-0.2, -0.15) is 0 Å². The Kier molecular flexibility index (Phi) is 3.44. The largest absolute Gasteiger partial charge is 0.379 e. The van der Waals surface area contributed by atoms with Crippen molar-refractivity contribution < 1.29 is 4.39 Å². The molecule has 0 spiro atoms. The van der Waals surface area contributed by atoms with Gasteiger partial charge in [0, 0.05) is 12.6 Å². The fraction of sp³-hybridized carbons (Fsp3) is 0.538. The summed E-state index contributed by atoms with van der Waals surface area (Å²) in [5, 5.41) is 3.29. The van der Waals surface area contributed by atoms with E-state index in [1.165, 1.54) is 6.42 Å². The third-order valence-corrected chi connectivity index (χ3v) is 3.11. The molecule has 3 heteroatoms. The molecular weight excluding hydrogens is 203 g/mol. The fourth-order valence-electron chi connectivity index (χ4n) is 2.24. The number of hydrogen-bond acceptors (Lipinski definition) is 2. The molecule has 88 valence electrons. The molecule has 0 radical (unpaired) electrons. The van der Waals surface area contributed by atoms with Crippen LogP contribution in [-0.2, 0) is 0 Å². The summed E-state index contributed by atoms with van der Waals surface area (Å²) in [5.41, 5.74) is 1.59. The van der Waals surface area contributed by atoms with E-state index in [1.54, 1.807) is 6.07 Å². The van der Waals surface area contributed by atoms with Crippen LogP contribution in [0.15, 0.2) is 18.2 Å². The highest BCUT2D eigenvalue weighted by atomic mass is 19.1. The minimum absolute atomic E-state index is 0.145. The number of aryl methyl sites for hydroxylation is 1. The zero-order valence-corrected chi connectivity index (χ0v) is 9.96. The van der Waals surface area contributed by atoms with Crippen molar-refractivity contribution in [3.8, 4) is 0 Å². The van der Waals surface area contributed by atoms with E-state index in [0.29, 0.717) is 11.7 Å². The van der Waals surface area contributed by atoms with Gasteiger partial charge in [-0.3, -0.25) is 0 Å². The first-order valence-electron chi connectivity index (χ1n) is 5.86. The summed E-state index contributed by atoms with van der Waals surface area (Å²) in [6, 6.07) is 5.72. The van der Waals surface area contributed by atoms with Crippen LogP contribution in [0.25, 0.3) is 0 Å². The topological polar surface area (TPSA) is 15.3 Å². The third-order valence-electron chi connectivity index (χ3n) is 3.11. The number of anilines is 1. The SMILES string of the molecule is Cc1ccc(NC2CCCN(C)C2)c(F)c1. The average Bonchev–Trinajstić information content (AvgIpc) is 2.22. The van der Waals surface area contributed by atoms with Crippen LogP contribution in [0, 0.1) is 12.7 Å². The number of likely N-dealkylation sites (N-methyl/N-ethyl adjacent to an activating group) is 1. The van der Waals surface area contributed by atoms with Gasteiger partial charge in [-0.05, 0) is 51.1 Å². The first kappa shape index (κ1) is 11.4. The lowest BCUT2D eigenvalue weighted by molar-refractivity contribution is 0.260. The average molecular weight is 222 g/mol.